The second-order valence-corrected chi connectivity index (χ2v) is 6.28. The standard InChI is InChI=1S/C15H23NS/c1-3-17-11-12(2)16-10-13-4-6-14(7-5-13)15-8-9-15/h4-7,12,15-16H,3,8-11H2,1-2H3. The lowest BCUT2D eigenvalue weighted by Crippen LogP contribution is -2.27. The van der Waals surface area contributed by atoms with Crippen LogP contribution in [-0.4, -0.2) is 17.5 Å². The van der Waals surface area contributed by atoms with Crippen LogP contribution in [0, 0.1) is 0 Å². The van der Waals surface area contributed by atoms with E-state index in [0.717, 1.165) is 12.5 Å². The molecule has 17 heavy (non-hydrogen) atoms. The summed E-state index contributed by atoms with van der Waals surface area (Å²) >= 11 is 2.00. The summed E-state index contributed by atoms with van der Waals surface area (Å²) in [4.78, 5) is 0. The largest absolute Gasteiger partial charge is 0.309 e. The summed E-state index contributed by atoms with van der Waals surface area (Å²) in [5, 5.41) is 3.58. The summed E-state index contributed by atoms with van der Waals surface area (Å²) < 4.78 is 0. The number of hydrogen-bond acceptors (Lipinski definition) is 2. The Morgan fingerprint density at radius 3 is 2.59 bits per heavy atom. The van der Waals surface area contributed by atoms with Crippen LogP contribution < -0.4 is 5.32 Å². The fourth-order valence-corrected chi connectivity index (χ4v) is 2.68. The van der Waals surface area contributed by atoms with Crippen molar-refractivity contribution in [2.75, 3.05) is 11.5 Å². The molecule has 1 N–H and O–H groups in total. The first kappa shape index (κ1) is 13.0. The number of rotatable bonds is 7. The van der Waals surface area contributed by atoms with Crippen molar-refractivity contribution in [3.05, 3.63) is 35.4 Å². The van der Waals surface area contributed by atoms with Crippen molar-refractivity contribution in [3.63, 3.8) is 0 Å². The highest BCUT2D eigenvalue weighted by atomic mass is 32.2. The van der Waals surface area contributed by atoms with Gasteiger partial charge in [-0.05, 0) is 42.6 Å². The molecule has 1 aromatic rings. The summed E-state index contributed by atoms with van der Waals surface area (Å²) in [7, 11) is 0. The minimum absolute atomic E-state index is 0.600. The van der Waals surface area contributed by atoms with Gasteiger partial charge in [0.25, 0.3) is 0 Å². The minimum Gasteiger partial charge on any atom is -0.309 e. The van der Waals surface area contributed by atoms with Crippen LogP contribution in [0.15, 0.2) is 24.3 Å². The highest BCUT2D eigenvalue weighted by Crippen LogP contribution is 2.39. The zero-order chi connectivity index (χ0) is 12.1. The molecule has 0 saturated heterocycles. The van der Waals surface area contributed by atoms with Crippen molar-refractivity contribution in [3.8, 4) is 0 Å². The Labute approximate surface area is 109 Å². The number of nitrogens with one attached hydrogen (secondary N) is 1. The van der Waals surface area contributed by atoms with Crippen LogP contribution in [-0.2, 0) is 6.54 Å². The molecule has 0 bridgehead atoms. The van der Waals surface area contributed by atoms with Gasteiger partial charge in [-0.15, -0.1) is 0 Å². The van der Waals surface area contributed by atoms with E-state index in [1.807, 2.05) is 11.8 Å². The number of thioether (sulfide) groups is 1. The predicted octanol–water partition coefficient (Wildman–Crippen LogP) is 3.80. The molecular formula is C15H23NS. The SMILES string of the molecule is CCSCC(C)NCc1ccc(C2CC2)cc1. The van der Waals surface area contributed by atoms with Gasteiger partial charge in [-0.25, -0.2) is 0 Å². The smallest absolute Gasteiger partial charge is 0.0208 e. The average Bonchev–Trinajstić information content (AvgIpc) is 3.19. The monoisotopic (exact) mass is 249 g/mol. The van der Waals surface area contributed by atoms with Gasteiger partial charge in [-0.2, -0.15) is 11.8 Å². The lowest BCUT2D eigenvalue weighted by Gasteiger charge is -2.13. The third-order valence-corrected chi connectivity index (χ3v) is 4.40. The quantitative estimate of drug-likeness (QED) is 0.789. The van der Waals surface area contributed by atoms with Gasteiger partial charge in [-0.1, -0.05) is 31.2 Å². The van der Waals surface area contributed by atoms with E-state index in [9.17, 15) is 0 Å². The van der Waals surface area contributed by atoms with Crippen molar-refractivity contribution >= 4 is 11.8 Å². The molecule has 0 heterocycles. The van der Waals surface area contributed by atoms with Crippen LogP contribution in [0.2, 0.25) is 0 Å². The van der Waals surface area contributed by atoms with E-state index in [2.05, 4.69) is 43.4 Å². The topological polar surface area (TPSA) is 12.0 Å². The summed E-state index contributed by atoms with van der Waals surface area (Å²) in [6.45, 7) is 5.48. The third-order valence-electron chi connectivity index (χ3n) is 3.26. The second kappa shape index (κ2) is 6.46. The van der Waals surface area contributed by atoms with Gasteiger partial charge in [0.15, 0.2) is 0 Å². The lowest BCUT2D eigenvalue weighted by atomic mass is 10.1. The average molecular weight is 249 g/mol. The van der Waals surface area contributed by atoms with E-state index < -0.39 is 0 Å². The van der Waals surface area contributed by atoms with Crippen LogP contribution in [0.3, 0.4) is 0 Å². The van der Waals surface area contributed by atoms with E-state index in [4.69, 9.17) is 0 Å². The molecule has 1 aromatic carbocycles. The first-order valence-electron chi connectivity index (χ1n) is 6.69. The molecule has 1 saturated carbocycles. The van der Waals surface area contributed by atoms with E-state index in [-0.39, 0.29) is 0 Å². The Balaban J connectivity index is 1.74. The molecule has 1 aliphatic rings. The molecule has 0 aromatic heterocycles. The zero-order valence-electron chi connectivity index (χ0n) is 10.9. The summed E-state index contributed by atoms with van der Waals surface area (Å²) in [5.41, 5.74) is 2.94. The van der Waals surface area contributed by atoms with E-state index in [0.29, 0.717) is 6.04 Å². The first-order valence-corrected chi connectivity index (χ1v) is 7.85. The molecule has 0 spiro atoms. The Morgan fingerprint density at radius 2 is 2.00 bits per heavy atom. The summed E-state index contributed by atoms with van der Waals surface area (Å²) in [6, 6.07) is 9.77. The fourth-order valence-electron chi connectivity index (χ4n) is 1.97. The Morgan fingerprint density at radius 1 is 1.29 bits per heavy atom. The van der Waals surface area contributed by atoms with Crippen LogP contribution in [0.1, 0.15) is 43.7 Å². The molecule has 2 rings (SSSR count). The van der Waals surface area contributed by atoms with Gasteiger partial charge >= 0.3 is 0 Å². The first-order chi connectivity index (χ1) is 8.29. The third kappa shape index (κ3) is 4.36. The summed E-state index contributed by atoms with van der Waals surface area (Å²) in [5.74, 6) is 3.29. The molecule has 94 valence electrons. The second-order valence-electron chi connectivity index (χ2n) is 4.96. The highest BCUT2D eigenvalue weighted by molar-refractivity contribution is 7.99. The maximum Gasteiger partial charge on any atom is 0.0208 e. The van der Waals surface area contributed by atoms with Gasteiger partial charge in [0.2, 0.25) is 0 Å². The Hall–Kier alpha value is -0.470. The highest BCUT2D eigenvalue weighted by Gasteiger charge is 2.22. The van der Waals surface area contributed by atoms with Crippen molar-refractivity contribution in [1.82, 2.24) is 5.32 Å². The van der Waals surface area contributed by atoms with Crippen LogP contribution in [0.25, 0.3) is 0 Å². The minimum atomic E-state index is 0.600. The molecule has 1 aliphatic carbocycles. The molecule has 1 unspecified atom stereocenters. The molecule has 0 amide bonds. The molecule has 1 fully saturated rings. The molecule has 1 atom stereocenters. The van der Waals surface area contributed by atoms with Gasteiger partial charge in [0.1, 0.15) is 0 Å². The van der Waals surface area contributed by atoms with Gasteiger partial charge < -0.3 is 5.32 Å². The predicted molar refractivity (Wildman–Crippen MR) is 77.7 cm³/mol. The van der Waals surface area contributed by atoms with Crippen LogP contribution in [0.4, 0.5) is 0 Å². The molecule has 1 nitrogen and oxygen atoms in total. The zero-order valence-corrected chi connectivity index (χ0v) is 11.7. The van der Waals surface area contributed by atoms with E-state index in [1.54, 1.807) is 0 Å². The molecule has 2 heteroatoms. The maximum atomic E-state index is 3.58. The number of hydrogen-bond donors (Lipinski definition) is 1. The van der Waals surface area contributed by atoms with Gasteiger partial charge in [0.05, 0.1) is 0 Å². The maximum absolute atomic E-state index is 3.58. The van der Waals surface area contributed by atoms with E-state index in [1.165, 1.54) is 35.5 Å². The fraction of sp³-hybridized carbons (Fsp3) is 0.600. The van der Waals surface area contributed by atoms with Crippen molar-refractivity contribution in [1.29, 1.82) is 0 Å². The molecular weight excluding hydrogens is 226 g/mol. The van der Waals surface area contributed by atoms with Gasteiger partial charge in [0, 0.05) is 18.3 Å². The molecule has 0 radical (unpaired) electrons. The van der Waals surface area contributed by atoms with E-state index >= 15 is 0 Å². The lowest BCUT2D eigenvalue weighted by molar-refractivity contribution is 0.596. The summed E-state index contributed by atoms with van der Waals surface area (Å²) in [6.07, 6.45) is 2.78. The normalized spacial score (nSPS) is 17.1. The van der Waals surface area contributed by atoms with Crippen LogP contribution in [0.5, 0.6) is 0 Å². The van der Waals surface area contributed by atoms with Gasteiger partial charge in [-0.3, -0.25) is 0 Å². The number of benzene rings is 1. The van der Waals surface area contributed by atoms with Crippen molar-refractivity contribution < 1.29 is 0 Å². The van der Waals surface area contributed by atoms with Crippen molar-refractivity contribution in [2.24, 2.45) is 0 Å². The molecule has 0 aliphatic heterocycles. The van der Waals surface area contributed by atoms with Crippen LogP contribution >= 0.6 is 11.8 Å². The van der Waals surface area contributed by atoms with Crippen molar-refractivity contribution in [2.45, 2.75) is 45.2 Å². The Bertz CT molecular complexity index is 329. The Kier molecular flexibility index (Phi) is 4.93.